The van der Waals surface area contributed by atoms with Crippen molar-refractivity contribution in [3.8, 4) is 0 Å². The average molecular weight is 286 g/mol. The zero-order valence-corrected chi connectivity index (χ0v) is 13.1. The Morgan fingerprint density at radius 2 is 1.45 bits per heavy atom. The van der Waals surface area contributed by atoms with Gasteiger partial charge in [0.2, 0.25) is 0 Å². The summed E-state index contributed by atoms with van der Waals surface area (Å²) in [6.07, 6.45) is 2.10. The molecule has 0 amide bonds. The van der Waals surface area contributed by atoms with Crippen molar-refractivity contribution in [3.63, 3.8) is 0 Å². The van der Waals surface area contributed by atoms with E-state index in [-0.39, 0.29) is 24.4 Å². The molecule has 0 N–H and O–H groups in total. The highest BCUT2D eigenvalue weighted by Gasteiger charge is 2.26. The first kappa shape index (κ1) is 18.7. The molecular formula is C16H24F2O2. The van der Waals surface area contributed by atoms with E-state index < -0.39 is 22.5 Å². The lowest BCUT2D eigenvalue weighted by molar-refractivity contribution is -0.122. The summed E-state index contributed by atoms with van der Waals surface area (Å²) in [5.41, 5.74) is -1.49. The van der Waals surface area contributed by atoms with E-state index in [1.165, 1.54) is 6.92 Å². The molecule has 20 heavy (non-hydrogen) atoms. The van der Waals surface area contributed by atoms with Crippen molar-refractivity contribution in [1.29, 1.82) is 0 Å². The van der Waals surface area contributed by atoms with E-state index in [1.54, 1.807) is 34.6 Å². The number of ketones is 2. The molecule has 0 bridgehead atoms. The molecule has 0 heterocycles. The summed E-state index contributed by atoms with van der Waals surface area (Å²) >= 11 is 0. The first-order chi connectivity index (χ1) is 8.86. The Labute approximate surface area is 119 Å². The molecule has 0 aromatic rings. The second-order valence-corrected chi connectivity index (χ2v) is 6.68. The van der Waals surface area contributed by atoms with Gasteiger partial charge in [-0.3, -0.25) is 9.59 Å². The number of carbonyl (C=O) groups is 2. The monoisotopic (exact) mass is 286 g/mol. The lowest BCUT2D eigenvalue weighted by Gasteiger charge is -2.21. The molecule has 0 aliphatic rings. The van der Waals surface area contributed by atoms with Crippen molar-refractivity contribution >= 4 is 11.6 Å². The van der Waals surface area contributed by atoms with Gasteiger partial charge in [0.15, 0.2) is 11.6 Å². The van der Waals surface area contributed by atoms with Gasteiger partial charge in [-0.1, -0.05) is 34.6 Å². The van der Waals surface area contributed by atoms with E-state index in [9.17, 15) is 18.4 Å². The fourth-order valence-corrected chi connectivity index (χ4v) is 1.36. The molecule has 0 unspecified atom stereocenters. The SMILES string of the molecule is C/C(F)=C\C(=O)C(C)(C)CC/C(F)=C/C(=O)C(C)(C)C. The van der Waals surface area contributed by atoms with E-state index in [2.05, 4.69) is 0 Å². The van der Waals surface area contributed by atoms with Gasteiger partial charge in [0.1, 0.15) is 11.7 Å². The van der Waals surface area contributed by atoms with Gasteiger partial charge in [0.05, 0.1) is 0 Å². The number of halogens is 2. The minimum Gasteiger partial charge on any atom is -0.294 e. The summed E-state index contributed by atoms with van der Waals surface area (Å²) < 4.78 is 26.4. The maximum Gasteiger partial charge on any atom is 0.163 e. The quantitative estimate of drug-likeness (QED) is 0.663. The minimum atomic E-state index is -0.858. The molecule has 0 aromatic heterocycles. The van der Waals surface area contributed by atoms with E-state index in [0.717, 1.165) is 12.2 Å². The van der Waals surface area contributed by atoms with E-state index in [1.807, 2.05) is 0 Å². The molecule has 114 valence electrons. The van der Waals surface area contributed by atoms with Gasteiger partial charge in [-0.25, -0.2) is 8.78 Å². The normalized spacial score (nSPS) is 14.4. The smallest absolute Gasteiger partial charge is 0.163 e. The van der Waals surface area contributed by atoms with Crippen LogP contribution in [0.25, 0.3) is 0 Å². The van der Waals surface area contributed by atoms with Crippen molar-refractivity contribution in [3.05, 3.63) is 23.8 Å². The number of hydrogen-bond donors (Lipinski definition) is 0. The van der Waals surface area contributed by atoms with Gasteiger partial charge in [0.25, 0.3) is 0 Å². The Bertz CT molecular complexity index is 434. The summed E-state index contributed by atoms with van der Waals surface area (Å²) in [7, 11) is 0. The van der Waals surface area contributed by atoms with Crippen LogP contribution in [0.4, 0.5) is 8.78 Å². The first-order valence-electron chi connectivity index (χ1n) is 6.65. The van der Waals surface area contributed by atoms with Crippen LogP contribution in [-0.2, 0) is 9.59 Å². The minimum absolute atomic E-state index is 0.0142. The van der Waals surface area contributed by atoms with Crippen LogP contribution in [-0.4, -0.2) is 11.6 Å². The van der Waals surface area contributed by atoms with Crippen LogP contribution in [0.1, 0.15) is 54.4 Å². The third kappa shape index (κ3) is 6.73. The molecule has 0 fully saturated rings. The maximum atomic E-state index is 13.7. The maximum absolute atomic E-state index is 13.7. The number of hydrogen-bond acceptors (Lipinski definition) is 2. The molecule has 0 spiro atoms. The van der Waals surface area contributed by atoms with Crippen molar-refractivity contribution < 1.29 is 18.4 Å². The zero-order chi connectivity index (χ0) is 16.1. The Morgan fingerprint density at radius 1 is 0.950 bits per heavy atom. The molecule has 0 aliphatic carbocycles. The highest BCUT2D eigenvalue weighted by molar-refractivity contribution is 5.95. The van der Waals surface area contributed by atoms with E-state index in [0.29, 0.717) is 0 Å². The molecule has 2 nitrogen and oxygen atoms in total. The molecule has 4 heteroatoms. The molecule has 0 atom stereocenters. The summed E-state index contributed by atoms with van der Waals surface area (Å²) in [4.78, 5) is 23.4. The van der Waals surface area contributed by atoms with E-state index in [4.69, 9.17) is 0 Å². The van der Waals surface area contributed by atoms with Gasteiger partial charge in [-0.05, 0) is 13.3 Å². The molecule has 0 saturated heterocycles. The van der Waals surface area contributed by atoms with Crippen molar-refractivity contribution in [2.24, 2.45) is 10.8 Å². The van der Waals surface area contributed by atoms with Gasteiger partial charge >= 0.3 is 0 Å². The highest BCUT2D eigenvalue weighted by atomic mass is 19.1. The Hall–Kier alpha value is -1.32. The van der Waals surface area contributed by atoms with Gasteiger partial charge in [0, 0.05) is 29.4 Å². The number of allylic oxidation sites excluding steroid dienone is 4. The average Bonchev–Trinajstić information content (AvgIpc) is 2.24. The molecule has 0 saturated carbocycles. The molecule has 0 aliphatic heterocycles. The Balaban J connectivity index is 4.70. The van der Waals surface area contributed by atoms with Crippen molar-refractivity contribution in [1.82, 2.24) is 0 Å². The molecule has 0 aromatic carbocycles. The molecule has 0 rings (SSSR count). The first-order valence-corrected chi connectivity index (χ1v) is 6.65. The third-order valence-electron chi connectivity index (χ3n) is 3.01. The van der Waals surface area contributed by atoms with Gasteiger partial charge in [-0.15, -0.1) is 0 Å². The fourth-order valence-electron chi connectivity index (χ4n) is 1.36. The van der Waals surface area contributed by atoms with Gasteiger partial charge < -0.3 is 0 Å². The fraction of sp³-hybridized carbons (Fsp3) is 0.625. The van der Waals surface area contributed by atoms with Crippen LogP contribution >= 0.6 is 0 Å². The van der Waals surface area contributed by atoms with E-state index >= 15 is 0 Å². The lowest BCUT2D eigenvalue weighted by atomic mass is 9.82. The predicted octanol–water partition coefficient (Wildman–Crippen LogP) is 4.70. The van der Waals surface area contributed by atoms with Crippen molar-refractivity contribution in [2.75, 3.05) is 0 Å². The topological polar surface area (TPSA) is 34.1 Å². The largest absolute Gasteiger partial charge is 0.294 e. The van der Waals surface area contributed by atoms with Gasteiger partial charge in [-0.2, -0.15) is 0 Å². The van der Waals surface area contributed by atoms with Crippen LogP contribution in [0.3, 0.4) is 0 Å². The summed E-state index contributed by atoms with van der Waals surface area (Å²) in [6, 6.07) is 0. The van der Waals surface area contributed by atoms with Crippen LogP contribution in [0, 0.1) is 10.8 Å². The third-order valence-corrected chi connectivity index (χ3v) is 3.01. The Kier molecular flexibility index (Phi) is 6.45. The summed E-state index contributed by atoms with van der Waals surface area (Å²) in [5, 5.41) is 0. The standard InChI is InChI=1S/C16H24F2O2/c1-11(17)9-14(20)16(5,6)8-7-12(18)10-13(19)15(2,3)4/h9-10H,7-8H2,1-6H3/b11-9+,12-10-. The number of rotatable bonds is 6. The van der Waals surface area contributed by atoms with Crippen LogP contribution < -0.4 is 0 Å². The van der Waals surface area contributed by atoms with Crippen LogP contribution in [0.2, 0.25) is 0 Å². The second kappa shape index (κ2) is 6.91. The van der Waals surface area contributed by atoms with Crippen LogP contribution in [0.5, 0.6) is 0 Å². The Morgan fingerprint density at radius 3 is 1.85 bits per heavy atom. The van der Waals surface area contributed by atoms with Crippen molar-refractivity contribution in [2.45, 2.75) is 54.4 Å². The number of carbonyl (C=O) groups excluding carboxylic acids is 2. The highest BCUT2D eigenvalue weighted by Crippen LogP contribution is 2.28. The lowest BCUT2D eigenvalue weighted by Crippen LogP contribution is -2.22. The molecule has 0 radical (unpaired) electrons. The zero-order valence-electron chi connectivity index (χ0n) is 13.1. The predicted molar refractivity (Wildman–Crippen MR) is 76.5 cm³/mol. The molecular weight excluding hydrogens is 262 g/mol. The summed E-state index contributed by atoms with van der Waals surface area (Å²) in [6.45, 7) is 9.59. The van der Waals surface area contributed by atoms with Crippen LogP contribution in [0.15, 0.2) is 23.8 Å². The summed E-state index contributed by atoms with van der Waals surface area (Å²) in [5.74, 6) is -1.79. The second-order valence-electron chi connectivity index (χ2n) is 6.68.